The highest BCUT2D eigenvalue weighted by Crippen LogP contribution is 2.34. The predicted molar refractivity (Wildman–Crippen MR) is 127 cm³/mol. The second-order valence-corrected chi connectivity index (χ2v) is 10.9. The number of amides is 1. The fourth-order valence-corrected chi connectivity index (χ4v) is 6.35. The topological polar surface area (TPSA) is 95.2 Å². The zero-order chi connectivity index (χ0) is 22.8. The van der Waals surface area contributed by atoms with Crippen molar-refractivity contribution < 1.29 is 17.6 Å². The minimum Gasteiger partial charge on any atom is -0.467 e. The molecule has 1 aromatic carbocycles. The van der Waals surface area contributed by atoms with Crippen molar-refractivity contribution in [3.63, 3.8) is 0 Å². The number of carbonyl (C=O) groups excluding carboxylic acids is 1. The van der Waals surface area contributed by atoms with E-state index in [1.165, 1.54) is 9.31 Å². The van der Waals surface area contributed by atoms with E-state index in [0.29, 0.717) is 31.0 Å². The van der Waals surface area contributed by atoms with E-state index in [1.807, 2.05) is 23.6 Å². The fraction of sp³-hybridized carbons (Fsp3) is 0.304. The van der Waals surface area contributed by atoms with Gasteiger partial charge in [0.25, 0.3) is 5.91 Å². The van der Waals surface area contributed by atoms with E-state index in [9.17, 15) is 13.2 Å². The summed E-state index contributed by atoms with van der Waals surface area (Å²) in [5, 5.41) is 11.1. The monoisotopic (exact) mass is 484 g/mol. The highest BCUT2D eigenvalue weighted by Gasteiger charge is 2.35. The Morgan fingerprint density at radius 3 is 2.58 bits per heavy atom. The van der Waals surface area contributed by atoms with Crippen LogP contribution >= 0.6 is 11.3 Å². The van der Waals surface area contributed by atoms with Gasteiger partial charge in [0.2, 0.25) is 10.0 Å². The third-order valence-corrected chi connectivity index (χ3v) is 8.68. The molecule has 1 amide bonds. The lowest BCUT2D eigenvalue weighted by molar-refractivity contribution is -0.131. The number of furan rings is 1. The molecule has 1 N–H and O–H groups in total. The maximum atomic E-state index is 13.1. The predicted octanol–water partition coefficient (Wildman–Crippen LogP) is 3.92. The number of benzene rings is 1. The van der Waals surface area contributed by atoms with Crippen LogP contribution in [0.1, 0.15) is 35.9 Å². The number of carbonyl (C=O) groups is 1. The lowest BCUT2D eigenvalue weighted by Crippen LogP contribution is -2.32. The highest BCUT2D eigenvalue weighted by atomic mass is 32.2. The van der Waals surface area contributed by atoms with Gasteiger partial charge < -0.3 is 9.73 Å². The molecule has 2 aliphatic heterocycles. The first kappa shape index (κ1) is 21.9. The van der Waals surface area contributed by atoms with Crippen LogP contribution < -0.4 is 5.32 Å². The van der Waals surface area contributed by atoms with E-state index >= 15 is 0 Å². The van der Waals surface area contributed by atoms with E-state index in [2.05, 4.69) is 10.4 Å². The van der Waals surface area contributed by atoms with Crippen molar-refractivity contribution in [3.8, 4) is 0 Å². The first-order chi connectivity index (χ1) is 16.0. The Hall–Kier alpha value is -2.95. The zero-order valence-corrected chi connectivity index (χ0v) is 19.5. The normalized spacial score (nSPS) is 19.1. The maximum absolute atomic E-state index is 13.1. The molecule has 4 heterocycles. The second kappa shape index (κ2) is 9.12. The van der Waals surface area contributed by atoms with Gasteiger partial charge in [-0.2, -0.15) is 9.41 Å². The van der Waals surface area contributed by atoms with Gasteiger partial charge in [0.05, 0.1) is 28.3 Å². The number of nitrogens with zero attached hydrogens (tertiary/aromatic N) is 3. The molecule has 33 heavy (non-hydrogen) atoms. The van der Waals surface area contributed by atoms with Gasteiger partial charge in [-0.3, -0.25) is 4.79 Å². The molecule has 172 valence electrons. The summed E-state index contributed by atoms with van der Waals surface area (Å²) in [6.45, 7) is 1.16. The third-order valence-electron chi connectivity index (χ3n) is 5.84. The summed E-state index contributed by atoms with van der Waals surface area (Å²) in [6.07, 6.45) is 3.97. The van der Waals surface area contributed by atoms with Crippen LogP contribution in [0.4, 0.5) is 5.69 Å². The summed E-state index contributed by atoms with van der Waals surface area (Å²) in [4.78, 5) is 14.4. The van der Waals surface area contributed by atoms with Gasteiger partial charge in [-0.1, -0.05) is 6.07 Å². The number of hydrogen-bond donors (Lipinski definition) is 1. The number of rotatable bonds is 7. The minimum absolute atomic E-state index is 0.0245. The second-order valence-electron chi connectivity index (χ2n) is 7.99. The lowest BCUT2D eigenvalue weighted by atomic mass is 10.1. The Morgan fingerprint density at radius 1 is 1.12 bits per heavy atom. The van der Waals surface area contributed by atoms with Crippen LogP contribution in [0.3, 0.4) is 0 Å². The Labute approximate surface area is 196 Å². The molecule has 0 radical (unpaired) electrons. The van der Waals surface area contributed by atoms with Crippen LogP contribution in [0, 0.1) is 0 Å². The average molecular weight is 485 g/mol. The molecule has 2 aliphatic rings. The number of anilines is 1. The van der Waals surface area contributed by atoms with E-state index in [-0.39, 0.29) is 23.4 Å². The minimum atomic E-state index is -3.46. The average Bonchev–Trinajstić information content (AvgIpc) is 3.64. The molecule has 1 atom stereocenters. The maximum Gasteiger partial charge on any atom is 0.262 e. The molecule has 0 aliphatic carbocycles. The summed E-state index contributed by atoms with van der Waals surface area (Å²) >= 11 is 1.59. The van der Waals surface area contributed by atoms with E-state index in [1.54, 1.807) is 47.9 Å². The van der Waals surface area contributed by atoms with Crippen LogP contribution in [0.5, 0.6) is 0 Å². The highest BCUT2D eigenvalue weighted by molar-refractivity contribution is 7.89. The molecule has 5 rings (SSSR count). The molecule has 0 spiro atoms. The van der Waals surface area contributed by atoms with E-state index < -0.39 is 10.0 Å². The third kappa shape index (κ3) is 4.46. The van der Waals surface area contributed by atoms with Gasteiger partial charge in [0, 0.05) is 25.2 Å². The van der Waals surface area contributed by atoms with Gasteiger partial charge in [-0.15, -0.1) is 11.3 Å². The largest absolute Gasteiger partial charge is 0.467 e. The van der Waals surface area contributed by atoms with Crippen molar-refractivity contribution in [1.82, 2.24) is 9.31 Å². The molecule has 10 heteroatoms. The van der Waals surface area contributed by atoms with Gasteiger partial charge in [-0.25, -0.2) is 13.4 Å². The van der Waals surface area contributed by atoms with Gasteiger partial charge >= 0.3 is 0 Å². The molecule has 1 fully saturated rings. The number of hydrazone groups is 1. The van der Waals surface area contributed by atoms with Crippen LogP contribution in [0.2, 0.25) is 0 Å². The molecule has 0 saturated carbocycles. The van der Waals surface area contributed by atoms with Crippen molar-refractivity contribution in [2.75, 3.05) is 25.0 Å². The molecule has 3 aromatic rings. The van der Waals surface area contributed by atoms with Crippen molar-refractivity contribution in [2.45, 2.75) is 30.2 Å². The molecule has 1 saturated heterocycles. The van der Waals surface area contributed by atoms with Crippen molar-refractivity contribution in [3.05, 3.63) is 70.8 Å². The quantitative estimate of drug-likeness (QED) is 0.549. The van der Waals surface area contributed by atoms with Gasteiger partial charge in [-0.05, 0) is 60.7 Å². The number of hydrogen-bond acceptors (Lipinski definition) is 7. The smallest absolute Gasteiger partial charge is 0.262 e. The van der Waals surface area contributed by atoms with Crippen LogP contribution in [-0.2, 0) is 14.8 Å². The molecular weight excluding hydrogens is 460 g/mol. The summed E-state index contributed by atoms with van der Waals surface area (Å²) in [5.74, 6) is 0.492. The van der Waals surface area contributed by atoms with Crippen molar-refractivity contribution >= 4 is 38.7 Å². The van der Waals surface area contributed by atoms with Gasteiger partial charge in [0.1, 0.15) is 11.8 Å². The van der Waals surface area contributed by atoms with Crippen LogP contribution in [0.25, 0.3) is 0 Å². The van der Waals surface area contributed by atoms with Crippen LogP contribution in [-0.4, -0.2) is 49.0 Å². The Balaban J connectivity index is 1.27. The first-order valence-electron chi connectivity index (χ1n) is 10.8. The SMILES string of the molecule is O=C(CNc1ccc(S(=O)(=O)N2CCCC2)cc1)N1N=C(c2cccs2)CC1c1ccco1. The molecule has 1 unspecified atom stereocenters. The van der Waals surface area contributed by atoms with E-state index in [0.717, 1.165) is 23.4 Å². The molecule has 2 aromatic heterocycles. The molecule has 8 nitrogen and oxygen atoms in total. The summed E-state index contributed by atoms with van der Waals surface area (Å²) < 4.78 is 32.5. The Bertz CT molecular complexity index is 1230. The fourth-order valence-electron chi connectivity index (χ4n) is 4.12. The summed E-state index contributed by atoms with van der Waals surface area (Å²) in [5.41, 5.74) is 1.52. The van der Waals surface area contributed by atoms with Crippen molar-refractivity contribution in [2.24, 2.45) is 5.10 Å². The summed E-state index contributed by atoms with van der Waals surface area (Å²) in [6, 6.07) is 13.8. The van der Waals surface area contributed by atoms with Gasteiger partial charge in [0.15, 0.2) is 0 Å². The van der Waals surface area contributed by atoms with Crippen LogP contribution in [0.15, 0.2) is 74.6 Å². The van der Waals surface area contributed by atoms with Crippen molar-refractivity contribution in [1.29, 1.82) is 0 Å². The standard InChI is InChI=1S/C23H24N4O4S2/c28-23(16-24-17-7-9-18(10-8-17)33(29,30)26-11-1-2-12-26)27-20(21-5-3-13-31-21)15-19(25-27)22-6-4-14-32-22/h3-10,13-14,20,24H,1-2,11-12,15-16H2. The van der Waals surface area contributed by atoms with E-state index in [4.69, 9.17) is 4.42 Å². The molecular formula is C23H24N4O4S2. The first-order valence-corrected chi connectivity index (χ1v) is 13.2. The number of nitrogens with one attached hydrogen (secondary N) is 1. The number of sulfonamides is 1. The zero-order valence-electron chi connectivity index (χ0n) is 17.9. The number of thiophene rings is 1. The lowest BCUT2D eigenvalue weighted by Gasteiger charge is -2.20. The molecule has 0 bridgehead atoms. The Kier molecular flexibility index (Phi) is 6.05. The summed E-state index contributed by atoms with van der Waals surface area (Å²) in [7, 11) is -3.46. The Morgan fingerprint density at radius 2 is 1.91 bits per heavy atom.